The molecule has 2 aliphatic rings. The molecule has 3 heterocycles. The van der Waals surface area contributed by atoms with Crippen molar-refractivity contribution in [2.24, 2.45) is 0 Å². The first-order valence-electron chi connectivity index (χ1n) is 11.2. The van der Waals surface area contributed by atoms with E-state index in [1.165, 1.54) is 25.9 Å². The normalized spacial score (nSPS) is 20.7. The molecular weight excluding hydrogens is 364 g/mol. The second-order valence-corrected chi connectivity index (χ2v) is 9.62. The quantitative estimate of drug-likeness (QED) is 0.719. The number of nitrogens with zero attached hydrogens (tertiary/aromatic N) is 4. The van der Waals surface area contributed by atoms with E-state index < -0.39 is 5.60 Å². The average molecular weight is 403 g/mol. The van der Waals surface area contributed by atoms with E-state index in [-0.39, 0.29) is 5.97 Å². The highest BCUT2D eigenvalue weighted by molar-refractivity contribution is 5.88. The van der Waals surface area contributed by atoms with Crippen molar-refractivity contribution in [1.29, 1.82) is 0 Å². The largest absolute Gasteiger partial charge is 0.455 e. The molecule has 1 aromatic rings. The van der Waals surface area contributed by atoms with Gasteiger partial charge in [0, 0.05) is 38.3 Å². The second-order valence-electron chi connectivity index (χ2n) is 9.62. The zero-order valence-electron chi connectivity index (χ0n) is 18.9. The van der Waals surface area contributed by atoms with Crippen LogP contribution < -0.4 is 4.90 Å². The van der Waals surface area contributed by atoms with Crippen LogP contribution in [-0.2, 0) is 4.74 Å². The Hall–Kier alpha value is -1.66. The van der Waals surface area contributed by atoms with Gasteiger partial charge in [-0.15, -0.1) is 0 Å². The molecule has 0 bridgehead atoms. The van der Waals surface area contributed by atoms with E-state index in [0.717, 1.165) is 38.4 Å². The molecule has 0 saturated carbocycles. The highest BCUT2D eigenvalue weighted by Crippen LogP contribution is 2.22. The standard InChI is InChI=1S/C23H38N4O2/c1-18(2)25-14-10-19(11-15-25)26-12-7-13-27(17-16-26)21-9-6-8-20(24-21)22(28)29-23(3,4)5/h6,8-9,18-19H,7,10-17H2,1-5H3. The summed E-state index contributed by atoms with van der Waals surface area (Å²) < 4.78 is 5.48. The number of aromatic nitrogens is 1. The van der Waals surface area contributed by atoms with Crippen molar-refractivity contribution in [3.05, 3.63) is 23.9 Å². The summed E-state index contributed by atoms with van der Waals surface area (Å²) in [4.78, 5) is 24.6. The summed E-state index contributed by atoms with van der Waals surface area (Å²) in [6, 6.07) is 7.01. The number of esters is 1. The number of pyridine rings is 1. The Morgan fingerprint density at radius 1 is 1.07 bits per heavy atom. The van der Waals surface area contributed by atoms with Gasteiger partial charge in [-0.3, -0.25) is 4.90 Å². The minimum absolute atomic E-state index is 0.354. The number of rotatable bonds is 4. The SMILES string of the molecule is CC(C)N1CCC(N2CCCN(c3cccc(C(=O)OC(C)(C)C)n3)CC2)CC1. The van der Waals surface area contributed by atoms with E-state index in [4.69, 9.17) is 4.74 Å². The van der Waals surface area contributed by atoms with Gasteiger partial charge in [0.15, 0.2) is 5.69 Å². The van der Waals surface area contributed by atoms with Crippen LogP contribution in [0.25, 0.3) is 0 Å². The molecule has 0 amide bonds. The third kappa shape index (κ3) is 6.16. The number of hydrogen-bond acceptors (Lipinski definition) is 6. The van der Waals surface area contributed by atoms with Gasteiger partial charge in [-0.25, -0.2) is 9.78 Å². The molecule has 6 nitrogen and oxygen atoms in total. The van der Waals surface area contributed by atoms with Gasteiger partial charge in [0.2, 0.25) is 0 Å². The Balaban J connectivity index is 1.58. The highest BCUT2D eigenvalue weighted by atomic mass is 16.6. The van der Waals surface area contributed by atoms with Crippen LogP contribution in [0, 0.1) is 0 Å². The van der Waals surface area contributed by atoms with Crippen LogP contribution in [-0.4, -0.2) is 77.7 Å². The molecule has 2 aliphatic heterocycles. The van der Waals surface area contributed by atoms with E-state index in [2.05, 4.69) is 33.5 Å². The molecule has 29 heavy (non-hydrogen) atoms. The van der Waals surface area contributed by atoms with Gasteiger partial charge in [-0.1, -0.05) is 6.07 Å². The molecular formula is C23H38N4O2. The van der Waals surface area contributed by atoms with Crippen LogP contribution in [0.3, 0.4) is 0 Å². The van der Waals surface area contributed by atoms with Gasteiger partial charge in [-0.2, -0.15) is 0 Å². The van der Waals surface area contributed by atoms with Gasteiger partial charge < -0.3 is 14.5 Å². The first kappa shape index (κ1) is 22.0. The molecule has 0 spiro atoms. The smallest absolute Gasteiger partial charge is 0.357 e. The molecule has 1 aromatic heterocycles. The monoisotopic (exact) mass is 402 g/mol. The molecule has 6 heteroatoms. The maximum absolute atomic E-state index is 12.4. The van der Waals surface area contributed by atoms with Crippen LogP contribution in [0.5, 0.6) is 0 Å². The molecule has 2 saturated heterocycles. The third-order valence-corrected chi connectivity index (χ3v) is 5.94. The number of likely N-dealkylation sites (tertiary alicyclic amines) is 1. The van der Waals surface area contributed by atoms with Crippen molar-refractivity contribution < 1.29 is 9.53 Å². The summed E-state index contributed by atoms with van der Waals surface area (Å²) >= 11 is 0. The fourth-order valence-corrected chi connectivity index (χ4v) is 4.34. The second kappa shape index (κ2) is 9.43. The van der Waals surface area contributed by atoms with E-state index in [9.17, 15) is 4.79 Å². The number of hydrogen-bond donors (Lipinski definition) is 0. The lowest BCUT2D eigenvalue weighted by Crippen LogP contribution is -2.47. The first-order valence-corrected chi connectivity index (χ1v) is 11.2. The Labute approximate surface area is 176 Å². The van der Waals surface area contributed by atoms with Gasteiger partial charge in [0.05, 0.1) is 0 Å². The molecule has 0 atom stereocenters. The molecule has 162 valence electrons. The third-order valence-electron chi connectivity index (χ3n) is 5.94. The summed E-state index contributed by atoms with van der Waals surface area (Å²) in [5.74, 6) is 0.526. The number of ether oxygens (including phenoxy) is 1. The molecule has 0 radical (unpaired) electrons. The zero-order valence-corrected chi connectivity index (χ0v) is 18.9. The Kier molecular flexibility index (Phi) is 7.17. The summed E-state index contributed by atoms with van der Waals surface area (Å²) in [6.07, 6.45) is 3.66. The summed E-state index contributed by atoms with van der Waals surface area (Å²) in [5, 5.41) is 0. The van der Waals surface area contributed by atoms with Gasteiger partial charge in [-0.05, 0) is 79.1 Å². The lowest BCUT2D eigenvalue weighted by molar-refractivity contribution is 0.00629. The van der Waals surface area contributed by atoms with E-state index in [0.29, 0.717) is 17.8 Å². The zero-order chi connectivity index (χ0) is 21.0. The fourth-order valence-electron chi connectivity index (χ4n) is 4.34. The summed E-state index contributed by atoms with van der Waals surface area (Å²) in [7, 11) is 0. The van der Waals surface area contributed by atoms with Crippen LogP contribution >= 0.6 is 0 Å². The number of carbonyl (C=O) groups excluding carboxylic acids is 1. The Morgan fingerprint density at radius 2 is 1.79 bits per heavy atom. The van der Waals surface area contributed by atoms with Crippen LogP contribution in [0.15, 0.2) is 18.2 Å². The van der Waals surface area contributed by atoms with Gasteiger partial charge in [0.25, 0.3) is 0 Å². The van der Waals surface area contributed by atoms with Gasteiger partial charge in [0.1, 0.15) is 11.4 Å². The van der Waals surface area contributed by atoms with E-state index >= 15 is 0 Å². The minimum atomic E-state index is -0.511. The lowest BCUT2D eigenvalue weighted by atomic mass is 10.0. The predicted molar refractivity (Wildman–Crippen MR) is 118 cm³/mol. The number of carbonyl (C=O) groups is 1. The van der Waals surface area contributed by atoms with Crippen molar-refractivity contribution in [1.82, 2.24) is 14.8 Å². The molecule has 0 unspecified atom stereocenters. The summed E-state index contributed by atoms with van der Waals surface area (Å²) in [6.45, 7) is 16.8. The minimum Gasteiger partial charge on any atom is -0.455 e. The predicted octanol–water partition coefficient (Wildman–Crippen LogP) is 3.42. The molecule has 0 aromatic carbocycles. The summed E-state index contributed by atoms with van der Waals surface area (Å²) in [5.41, 5.74) is -0.122. The van der Waals surface area contributed by atoms with Crippen LogP contribution in [0.4, 0.5) is 5.82 Å². The maximum atomic E-state index is 12.4. The molecule has 0 N–H and O–H groups in total. The number of piperidine rings is 1. The van der Waals surface area contributed by atoms with Crippen LogP contribution in [0.2, 0.25) is 0 Å². The highest BCUT2D eigenvalue weighted by Gasteiger charge is 2.27. The van der Waals surface area contributed by atoms with Crippen LogP contribution in [0.1, 0.15) is 64.4 Å². The molecule has 3 rings (SSSR count). The molecule has 0 aliphatic carbocycles. The lowest BCUT2D eigenvalue weighted by Gasteiger charge is -2.39. The van der Waals surface area contributed by atoms with Crippen molar-refractivity contribution in [3.8, 4) is 0 Å². The Morgan fingerprint density at radius 3 is 2.45 bits per heavy atom. The van der Waals surface area contributed by atoms with Crippen molar-refractivity contribution in [3.63, 3.8) is 0 Å². The first-order chi connectivity index (χ1) is 13.7. The van der Waals surface area contributed by atoms with E-state index in [1.54, 1.807) is 6.07 Å². The topological polar surface area (TPSA) is 48.9 Å². The number of anilines is 1. The fraction of sp³-hybridized carbons (Fsp3) is 0.739. The van der Waals surface area contributed by atoms with Crippen molar-refractivity contribution in [2.75, 3.05) is 44.2 Å². The van der Waals surface area contributed by atoms with Crippen molar-refractivity contribution in [2.45, 2.75) is 71.6 Å². The van der Waals surface area contributed by atoms with Gasteiger partial charge >= 0.3 is 5.97 Å². The maximum Gasteiger partial charge on any atom is 0.357 e. The average Bonchev–Trinajstić information content (AvgIpc) is 2.93. The van der Waals surface area contributed by atoms with E-state index in [1.807, 2.05) is 32.9 Å². The Bertz CT molecular complexity index is 678. The molecule has 2 fully saturated rings. The van der Waals surface area contributed by atoms with Crippen molar-refractivity contribution >= 4 is 11.8 Å².